The van der Waals surface area contributed by atoms with Gasteiger partial charge in [-0.2, -0.15) is 5.10 Å². The summed E-state index contributed by atoms with van der Waals surface area (Å²) in [5.74, 6) is 0.544. The highest BCUT2D eigenvalue weighted by atomic mass is 16.5. The minimum Gasteiger partial charge on any atom is -0.424 e. The van der Waals surface area contributed by atoms with E-state index >= 15 is 0 Å². The summed E-state index contributed by atoms with van der Waals surface area (Å²) >= 11 is 0. The predicted molar refractivity (Wildman–Crippen MR) is 72.0 cm³/mol. The molecule has 0 amide bonds. The molecule has 0 atom stereocenters. The molecule has 2 rings (SSSR count). The smallest absolute Gasteiger partial charge is 0.321 e. The molecular weight excluding hydrogens is 244 g/mol. The first-order chi connectivity index (χ1) is 9.24. The maximum atomic E-state index is 5.44. The second-order valence-electron chi connectivity index (χ2n) is 3.47. The summed E-state index contributed by atoms with van der Waals surface area (Å²) in [6, 6.07) is 9.18. The summed E-state index contributed by atoms with van der Waals surface area (Å²) in [6.45, 7) is 0. The lowest BCUT2D eigenvalue weighted by atomic mass is 10.2. The van der Waals surface area contributed by atoms with Crippen LogP contribution in [0.15, 0.2) is 52.9 Å². The number of benzene rings is 1. The zero-order valence-electron chi connectivity index (χ0n) is 9.97. The molecule has 1 heterocycles. The van der Waals surface area contributed by atoms with Crippen LogP contribution in [0.4, 0.5) is 0 Å². The monoisotopic (exact) mass is 256 g/mol. The zero-order valence-corrected chi connectivity index (χ0v) is 9.97. The summed E-state index contributed by atoms with van der Waals surface area (Å²) in [4.78, 5) is 7.92. The Morgan fingerprint density at radius 3 is 2.42 bits per heavy atom. The van der Waals surface area contributed by atoms with Gasteiger partial charge in [0, 0.05) is 12.4 Å². The van der Waals surface area contributed by atoms with Crippen LogP contribution in [-0.4, -0.2) is 22.1 Å². The summed E-state index contributed by atoms with van der Waals surface area (Å²) in [5, 5.41) is 7.20. The third kappa shape index (κ3) is 4.08. The van der Waals surface area contributed by atoms with Crippen molar-refractivity contribution in [3.63, 3.8) is 0 Å². The van der Waals surface area contributed by atoms with Gasteiger partial charge in [0.1, 0.15) is 5.75 Å². The molecule has 0 aliphatic rings. The Bertz CT molecular complexity index is 575. The molecule has 7 nitrogen and oxygen atoms in total. The van der Waals surface area contributed by atoms with E-state index in [1.165, 1.54) is 6.21 Å². The third-order valence-electron chi connectivity index (χ3n) is 2.01. The van der Waals surface area contributed by atoms with Gasteiger partial charge in [0.05, 0.1) is 6.21 Å². The molecule has 0 saturated heterocycles. The molecule has 0 bridgehead atoms. The van der Waals surface area contributed by atoms with Gasteiger partial charge in [-0.15, -0.1) is 5.10 Å². The van der Waals surface area contributed by atoms with Crippen molar-refractivity contribution >= 4 is 12.2 Å². The fourth-order valence-electron chi connectivity index (χ4n) is 1.23. The SMILES string of the molecule is NC(N)=NN=Cc1ccc(Oc2ncccn2)cc1. The lowest BCUT2D eigenvalue weighted by Gasteiger charge is -2.02. The average Bonchev–Trinajstić information content (AvgIpc) is 2.42. The van der Waals surface area contributed by atoms with Gasteiger partial charge in [-0.05, 0) is 35.9 Å². The maximum Gasteiger partial charge on any atom is 0.321 e. The van der Waals surface area contributed by atoms with Crippen molar-refractivity contribution in [3.8, 4) is 11.8 Å². The number of aromatic nitrogens is 2. The van der Waals surface area contributed by atoms with Crippen molar-refractivity contribution in [3.05, 3.63) is 48.3 Å². The highest BCUT2D eigenvalue weighted by molar-refractivity contribution is 5.81. The molecule has 0 aliphatic heterocycles. The number of hydrogen-bond acceptors (Lipinski definition) is 5. The molecular formula is C12H12N6O. The number of guanidine groups is 1. The second kappa shape index (κ2) is 6.10. The van der Waals surface area contributed by atoms with E-state index < -0.39 is 0 Å². The highest BCUT2D eigenvalue weighted by Gasteiger charge is 1.98. The van der Waals surface area contributed by atoms with Crippen molar-refractivity contribution in [2.45, 2.75) is 0 Å². The zero-order chi connectivity index (χ0) is 13.5. The maximum absolute atomic E-state index is 5.44. The number of ether oxygens (including phenoxy) is 1. The molecule has 2 aromatic rings. The van der Waals surface area contributed by atoms with Gasteiger partial charge in [-0.25, -0.2) is 9.97 Å². The van der Waals surface area contributed by atoms with Crippen LogP contribution in [0.5, 0.6) is 11.8 Å². The fourth-order valence-corrected chi connectivity index (χ4v) is 1.23. The van der Waals surface area contributed by atoms with E-state index in [0.717, 1.165) is 5.56 Å². The molecule has 4 N–H and O–H groups in total. The van der Waals surface area contributed by atoms with Crippen molar-refractivity contribution in [1.29, 1.82) is 0 Å². The van der Waals surface area contributed by atoms with E-state index in [2.05, 4.69) is 20.2 Å². The summed E-state index contributed by atoms with van der Waals surface area (Å²) < 4.78 is 5.44. The first kappa shape index (κ1) is 12.5. The van der Waals surface area contributed by atoms with Gasteiger partial charge in [0.2, 0.25) is 5.96 Å². The Labute approximate surface area is 109 Å². The Balaban J connectivity index is 2.03. The van der Waals surface area contributed by atoms with Crippen LogP contribution in [0.25, 0.3) is 0 Å². The van der Waals surface area contributed by atoms with Crippen molar-refractivity contribution in [1.82, 2.24) is 9.97 Å². The molecule has 7 heteroatoms. The van der Waals surface area contributed by atoms with Crippen molar-refractivity contribution in [2.24, 2.45) is 21.7 Å². The largest absolute Gasteiger partial charge is 0.424 e. The van der Waals surface area contributed by atoms with Crippen LogP contribution in [-0.2, 0) is 0 Å². The predicted octanol–water partition coefficient (Wildman–Crippen LogP) is 0.876. The van der Waals surface area contributed by atoms with E-state index in [9.17, 15) is 0 Å². The molecule has 0 unspecified atom stereocenters. The molecule has 19 heavy (non-hydrogen) atoms. The minimum atomic E-state index is -0.0857. The quantitative estimate of drug-likeness (QED) is 0.479. The van der Waals surface area contributed by atoms with Crippen LogP contribution < -0.4 is 16.2 Å². The van der Waals surface area contributed by atoms with Gasteiger partial charge < -0.3 is 16.2 Å². The summed E-state index contributed by atoms with van der Waals surface area (Å²) in [7, 11) is 0. The molecule has 0 spiro atoms. The Morgan fingerprint density at radius 1 is 1.11 bits per heavy atom. The molecule has 0 saturated carbocycles. The molecule has 1 aromatic carbocycles. The number of nitrogens with two attached hydrogens (primary N) is 2. The van der Waals surface area contributed by atoms with E-state index in [0.29, 0.717) is 11.8 Å². The topological polar surface area (TPSA) is 112 Å². The number of rotatable bonds is 4. The highest BCUT2D eigenvalue weighted by Crippen LogP contribution is 2.16. The fraction of sp³-hybridized carbons (Fsp3) is 0. The van der Waals surface area contributed by atoms with Crippen LogP contribution in [0.1, 0.15) is 5.56 Å². The van der Waals surface area contributed by atoms with Gasteiger partial charge in [0.25, 0.3) is 0 Å². The van der Waals surface area contributed by atoms with Crippen LogP contribution in [0.2, 0.25) is 0 Å². The standard InChI is InChI=1S/C12H12N6O/c13-11(14)18-17-8-9-2-4-10(5-3-9)19-12-15-6-1-7-16-12/h1-8H,(H4,13,14,18). The normalized spacial score (nSPS) is 10.3. The minimum absolute atomic E-state index is 0.0857. The average molecular weight is 256 g/mol. The second-order valence-corrected chi connectivity index (χ2v) is 3.47. The molecule has 96 valence electrons. The van der Waals surface area contributed by atoms with E-state index in [-0.39, 0.29) is 5.96 Å². The van der Waals surface area contributed by atoms with Crippen LogP contribution >= 0.6 is 0 Å². The first-order valence-electron chi connectivity index (χ1n) is 5.41. The van der Waals surface area contributed by atoms with E-state index in [1.807, 2.05) is 12.1 Å². The molecule has 0 fully saturated rings. The van der Waals surface area contributed by atoms with Gasteiger partial charge in [-0.1, -0.05) is 0 Å². The van der Waals surface area contributed by atoms with Crippen LogP contribution in [0.3, 0.4) is 0 Å². The van der Waals surface area contributed by atoms with Crippen molar-refractivity contribution in [2.75, 3.05) is 0 Å². The summed E-state index contributed by atoms with van der Waals surface area (Å²) in [5.41, 5.74) is 11.1. The van der Waals surface area contributed by atoms with Gasteiger partial charge >= 0.3 is 6.01 Å². The Hall–Kier alpha value is -2.96. The Kier molecular flexibility index (Phi) is 4.01. The van der Waals surface area contributed by atoms with E-state index in [1.54, 1.807) is 30.6 Å². The van der Waals surface area contributed by atoms with Gasteiger partial charge in [0.15, 0.2) is 0 Å². The third-order valence-corrected chi connectivity index (χ3v) is 2.01. The van der Waals surface area contributed by atoms with E-state index in [4.69, 9.17) is 16.2 Å². The molecule has 0 radical (unpaired) electrons. The number of nitrogens with zero attached hydrogens (tertiary/aromatic N) is 4. The van der Waals surface area contributed by atoms with Crippen LogP contribution in [0, 0.1) is 0 Å². The lowest BCUT2D eigenvalue weighted by Crippen LogP contribution is -2.21. The van der Waals surface area contributed by atoms with Crippen molar-refractivity contribution < 1.29 is 4.74 Å². The summed E-state index contributed by atoms with van der Waals surface area (Å²) in [6.07, 6.45) is 4.75. The molecule has 0 aliphatic carbocycles. The lowest BCUT2D eigenvalue weighted by molar-refractivity contribution is 0.442. The molecule has 1 aromatic heterocycles. The number of hydrogen-bond donors (Lipinski definition) is 2. The Morgan fingerprint density at radius 2 is 1.79 bits per heavy atom. The first-order valence-corrected chi connectivity index (χ1v) is 5.41. The van der Waals surface area contributed by atoms with Gasteiger partial charge in [-0.3, -0.25) is 0 Å².